The summed E-state index contributed by atoms with van der Waals surface area (Å²) in [4.78, 5) is 0. The Kier molecular flexibility index (Phi) is 1.55. The van der Waals surface area contributed by atoms with Crippen LogP contribution in [0.15, 0.2) is 0 Å². The molecule has 0 aliphatic heterocycles. The highest BCUT2D eigenvalue weighted by Crippen LogP contribution is 2.39. The van der Waals surface area contributed by atoms with Crippen LogP contribution in [-0.4, -0.2) is 11.2 Å². The lowest BCUT2D eigenvalue weighted by Gasteiger charge is -2.25. The predicted octanol–water partition coefficient (Wildman–Crippen LogP) is 1.80. The van der Waals surface area contributed by atoms with Crippen molar-refractivity contribution in [1.82, 2.24) is 0 Å². The Labute approximate surface area is 57.1 Å². The molecule has 54 valence electrons. The predicted molar refractivity (Wildman–Crippen MR) is 38.2 cm³/mol. The molecule has 0 saturated heterocycles. The van der Waals surface area contributed by atoms with Crippen LogP contribution in [0.1, 0.15) is 33.6 Å². The minimum absolute atomic E-state index is 0.0718. The molecule has 0 aromatic rings. The molecule has 1 fully saturated rings. The van der Waals surface area contributed by atoms with Gasteiger partial charge in [-0.05, 0) is 24.2 Å². The summed E-state index contributed by atoms with van der Waals surface area (Å²) in [6.07, 6.45) is 2.40. The second-order valence-electron chi connectivity index (χ2n) is 4.15. The van der Waals surface area contributed by atoms with E-state index < -0.39 is 0 Å². The van der Waals surface area contributed by atoms with Gasteiger partial charge in [-0.2, -0.15) is 0 Å². The molecule has 1 rings (SSSR count). The van der Waals surface area contributed by atoms with Crippen molar-refractivity contribution in [3.05, 3.63) is 0 Å². The highest BCUT2D eigenvalue weighted by molar-refractivity contribution is 4.87. The van der Waals surface area contributed by atoms with Crippen molar-refractivity contribution in [2.24, 2.45) is 11.3 Å². The van der Waals surface area contributed by atoms with Crippen molar-refractivity contribution >= 4 is 0 Å². The highest BCUT2D eigenvalue weighted by atomic mass is 16.3. The van der Waals surface area contributed by atoms with E-state index >= 15 is 0 Å². The molecule has 0 unspecified atom stereocenters. The Bertz CT molecular complexity index is 97.6. The number of hydrogen-bond acceptors (Lipinski definition) is 1. The van der Waals surface area contributed by atoms with Gasteiger partial charge in [0.05, 0.1) is 6.10 Å². The number of hydrogen-bond donors (Lipinski definition) is 1. The van der Waals surface area contributed by atoms with E-state index in [0.717, 1.165) is 0 Å². The van der Waals surface area contributed by atoms with Crippen LogP contribution in [0, 0.1) is 11.3 Å². The van der Waals surface area contributed by atoms with Gasteiger partial charge in [0, 0.05) is 0 Å². The van der Waals surface area contributed by atoms with Gasteiger partial charge in [-0.3, -0.25) is 0 Å². The monoisotopic (exact) mass is 128 g/mol. The van der Waals surface area contributed by atoms with Crippen LogP contribution in [0.4, 0.5) is 0 Å². The number of aliphatic hydroxyl groups excluding tert-OH is 1. The second kappa shape index (κ2) is 1.98. The summed E-state index contributed by atoms with van der Waals surface area (Å²) in [5, 5.41) is 9.53. The zero-order valence-electron chi connectivity index (χ0n) is 6.52. The Balaban J connectivity index is 2.40. The van der Waals surface area contributed by atoms with Gasteiger partial charge in [-0.25, -0.2) is 0 Å². The van der Waals surface area contributed by atoms with Crippen LogP contribution in [0.5, 0.6) is 0 Å². The third kappa shape index (κ3) is 1.68. The Morgan fingerprint density at radius 3 is 1.89 bits per heavy atom. The normalized spacial score (nSPS) is 24.0. The summed E-state index contributed by atoms with van der Waals surface area (Å²) >= 11 is 0. The number of rotatable bonds is 1. The van der Waals surface area contributed by atoms with E-state index in [1.165, 1.54) is 12.8 Å². The smallest absolute Gasteiger partial charge is 0.0616 e. The zero-order chi connectivity index (χ0) is 7.07. The first-order valence-corrected chi connectivity index (χ1v) is 3.70. The van der Waals surface area contributed by atoms with Crippen LogP contribution >= 0.6 is 0 Å². The molecule has 1 aliphatic carbocycles. The lowest BCUT2D eigenvalue weighted by molar-refractivity contribution is 0.0441. The van der Waals surface area contributed by atoms with Gasteiger partial charge in [0.15, 0.2) is 0 Å². The fourth-order valence-electron chi connectivity index (χ4n) is 1.12. The molecule has 0 aromatic carbocycles. The van der Waals surface area contributed by atoms with Crippen molar-refractivity contribution in [3.63, 3.8) is 0 Å². The van der Waals surface area contributed by atoms with Gasteiger partial charge >= 0.3 is 0 Å². The quantitative estimate of drug-likeness (QED) is 0.571. The summed E-state index contributed by atoms with van der Waals surface area (Å²) in [5.41, 5.74) is 0.0984. The summed E-state index contributed by atoms with van der Waals surface area (Å²) in [6.45, 7) is 6.28. The van der Waals surface area contributed by atoms with Crippen molar-refractivity contribution in [1.29, 1.82) is 0 Å². The summed E-state index contributed by atoms with van der Waals surface area (Å²) < 4.78 is 0. The molecule has 1 atom stereocenters. The lowest BCUT2D eigenvalue weighted by Crippen LogP contribution is -2.27. The van der Waals surface area contributed by atoms with E-state index in [1.54, 1.807) is 0 Å². The molecule has 1 saturated carbocycles. The molecule has 1 heteroatoms. The molecule has 0 amide bonds. The average molecular weight is 128 g/mol. The van der Waals surface area contributed by atoms with Crippen molar-refractivity contribution in [2.75, 3.05) is 0 Å². The minimum atomic E-state index is -0.0718. The van der Waals surface area contributed by atoms with Crippen molar-refractivity contribution in [2.45, 2.75) is 39.7 Å². The van der Waals surface area contributed by atoms with Crippen LogP contribution in [0.3, 0.4) is 0 Å². The third-order valence-corrected chi connectivity index (χ3v) is 1.96. The molecule has 0 spiro atoms. The Hall–Kier alpha value is -0.0400. The zero-order valence-corrected chi connectivity index (χ0v) is 6.52. The average Bonchev–Trinajstić information content (AvgIpc) is 2.40. The first-order chi connectivity index (χ1) is 4.02. The van der Waals surface area contributed by atoms with Crippen molar-refractivity contribution < 1.29 is 5.11 Å². The maximum atomic E-state index is 9.53. The summed E-state index contributed by atoms with van der Waals surface area (Å²) in [7, 11) is 0. The van der Waals surface area contributed by atoms with Gasteiger partial charge in [-0.1, -0.05) is 20.8 Å². The maximum absolute atomic E-state index is 9.53. The minimum Gasteiger partial charge on any atom is -0.392 e. The second-order valence-corrected chi connectivity index (χ2v) is 4.15. The SMILES string of the molecule is CC(C)(C)[C@@H](O)C1CC1. The first-order valence-electron chi connectivity index (χ1n) is 3.70. The van der Waals surface area contributed by atoms with Gasteiger partial charge in [-0.15, -0.1) is 0 Å². The van der Waals surface area contributed by atoms with E-state index in [-0.39, 0.29) is 11.5 Å². The van der Waals surface area contributed by atoms with Gasteiger partial charge < -0.3 is 5.11 Å². The molecule has 1 aliphatic rings. The molecule has 1 N–H and O–H groups in total. The fraction of sp³-hybridized carbons (Fsp3) is 1.00. The first kappa shape index (κ1) is 7.07. The third-order valence-electron chi connectivity index (χ3n) is 1.96. The molecule has 0 aromatic heterocycles. The van der Waals surface area contributed by atoms with Gasteiger partial charge in [0.25, 0.3) is 0 Å². The van der Waals surface area contributed by atoms with Crippen LogP contribution in [0.25, 0.3) is 0 Å². The summed E-state index contributed by atoms with van der Waals surface area (Å²) in [5.74, 6) is 0.616. The molecule has 9 heavy (non-hydrogen) atoms. The molecular formula is C8H16O. The fourth-order valence-corrected chi connectivity index (χ4v) is 1.12. The molecular weight excluding hydrogens is 112 g/mol. The molecule has 0 heterocycles. The van der Waals surface area contributed by atoms with Crippen molar-refractivity contribution in [3.8, 4) is 0 Å². The largest absolute Gasteiger partial charge is 0.392 e. The van der Waals surface area contributed by atoms with E-state index in [2.05, 4.69) is 20.8 Å². The van der Waals surface area contributed by atoms with E-state index in [1.807, 2.05) is 0 Å². The van der Waals surface area contributed by atoms with Crippen LogP contribution < -0.4 is 0 Å². The topological polar surface area (TPSA) is 20.2 Å². The molecule has 0 radical (unpaired) electrons. The Morgan fingerprint density at radius 1 is 1.33 bits per heavy atom. The lowest BCUT2D eigenvalue weighted by atomic mass is 9.86. The van der Waals surface area contributed by atoms with E-state index in [0.29, 0.717) is 5.92 Å². The standard InChI is InChI=1S/C8H16O/c1-8(2,3)7(9)6-4-5-6/h6-7,9H,4-5H2,1-3H3/t7-/m0/s1. The van der Waals surface area contributed by atoms with Gasteiger partial charge in [0.1, 0.15) is 0 Å². The maximum Gasteiger partial charge on any atom is 0.0616 e. The van der Waals surface area contributed by atoms with E-state index in [9.17, 15) is 5.11 Å². The Morgan fingerprint density at radius 2 is 1.78 bits per heavy atom. The van der Waals surface area contributed by atoms with E-state index in [4.69, 9.17) is 0 Å². The number of aliphatic hydroxyl groups is 1. The summed E-state index contributed by atoms with van der Waals surface area (Å²) in [6, 6.07) is 0. The van der Waals surface area contributed by atoms with Crippen LogP contribution in [-0.2, 0) is 0 Å². The van der Waals surface area contributed by atoms with Gasteiger partial charge in [0.2, 0.25) is 0 Å². The molecule has 1 nitrogen and oxygen atoms in total. The van der Waals surface area contributed by atoms with Crippen LogP contribution in [0.2, 0.25) is 0 Å². The molecule has 0 bridgehead atoms. The highest BCUT2D eigenvalue weighted by Gasteiger charge is 2.36.